The molecule has 0 bridgehead atoms. The molecule has 0 spiro atoms. The molecule has 0 atom stereocenters. The lowest BCUT2D eigenvalue weighted by atomic mass is 10.2. The summed E-state index contributed by atoms with van der Waals surface area (Å²) in [6, 6.07) is 7.08. The molecule has 4 aromatic rings. The molecule has 3 heterocycles. The summed E-state index contributed by atoms with van der Waals surface area (Å²) in [6.07, 6.45) is 3.19. The molecule has 31 heavy (non-hydrogen) atoms. The fourth-order valence-electron chi connectivity index (χ4n) is 2.78. The number of nitrogens with one attached hydrogen (secondary N) is 2. The highest BCUT2D eigenvalue weighted by atomic mass is 35.5. The second-order valence-electron chi connectivity index (χ2n) is 6.38. The molecule has 4 rings (SSSR count). The van der Waals surface area contributed by atoms with E-state index in [0.717, 1.165) is 15.8 Å². The number of aliphatic hydroxyl groups is 1. The smallest absolute Gasteiger partial charge is 0.417 e. The molecule has 3 aromatic heterocycles. The number of carbonyl (C=O) groups excluding carboxylic acids is 1. The number of aromatic amines is 1. The molecule has 0 saturated carbocycles. The summed E-state index contributed by atoms with van der Waals surface area (Å²) in [6.45, 7) is 1.58. The van der Waals surface area contributed by atoms with Crippen LogP contribution in [0.5, 0.6) is 0 Å². The van der Waals surface area contributed by atoms with Gasteiger partial charge in [-0.15, -0.1) is 10.2 Å². The number of pyridine rings is 1. The van der Waals surface area contributed by atoms with Gasteiger partial charge in [-0.3, -0.25) is 5.10 Å². The normalized spacial score (nSPS) is 10.9. The van der Waals surface area contributed by atoms with Gasteiger partial charge in [0.15, 0.2) is 0 Å². The molecule has 0 unspecified atom stereocenters. The van der Waals surface area contributed by atoms with Crippen molar-refractivity contribution in [2.75, 3.05) is 23.6 Å². The average molecular weight is 460 g/mol. The van der Waals surface area contributed by atoms with Crippen LogP contribution in [0, 0.1) is 0 Å². The second-order valence-corrected chi connectivity index (χ2v) is 7.74. The number of amides is 1. The van der Waals surface area contributed by atoms with Gasteiger partial charge in [0, 0.05) is 17.1 Å². The van der Waals surface area contributed by atoms with Crippen molar-refractivity contribution in [2.45, 2.75) is 13.3 Å². The molecule has 1 aromatic carbocycles. The summed E-state index contributed by atoms with van der Waals surface area (Å²) >= 11 is 7.75. The molecule has 10 nitrogen and oxygen atoms in total. The van der Waals surface area contributed by atoms with E-state index >= 15 is 0 Å². The lowest BCUT2D eigenvalue weighted by molar-refractivity contribution is 0.145. The van der Waals surface area contributed by atoms with E-state index in [1.54, 1.807) is 18.3 Å². The number of rotatable bonds is 7. The van der Waals surface area contributed by atoms with Gasteiger partial charge in [-0.25, -0.2) is 14.7 Å². The number of aliphatic hydroxyl groups excluding tert-OH is 1. The first-order valence-electron chi connectivity index (χ1n) is 9.34. The molecule has 1 amide bonds. The van der Waals surface area contributed by atoms with Gasteiger partial charge in [-0.05, 0) is 30.7 Å². The molecule has 0 aliphatic rings. The van der Waals surface area contributed by atoms with Crippen molar-refractivity contribution in [2.24, 2.45) is 0 Å². The molecular weight excluding hydrogens is 442 g/mol. The molecular formula is C19H18ClN7O3S. The largest absolute Gasteiger partial charge is 0.449 e. The van der Waals surface area contributed by atoms with Crippen LogP contribution in [0.1, 0.15) is 13.3 Å². The number of aromatic nitrogens is 5. The number of carbonyl (C=O) groups is 1. The number of H-pyrrole nitrogens is 1. The summed E-state index contributed by atoms with van der Waals surface area (Å²) in [5.74, 6) is 0.249. The predicted molar refractivity (Wildman–Crippen MR) is 119 cm³/mol. The average Bonchev–Trinajstić information content (AvgIpc) is 3.45. The monoisotopic (exact) mass is 459 g/mol. The first kappa shape index (κ1) is 21.0. The Kier molecular flexibility index (Phi) is 6.26. The molecule has 0 saturated heterocycles. The zero-order chi connectivity index (χ0) is 21.8. The van der Waals surface area contributed by atoms with Crippen LogP contribution >= 0.6 is 22.9 Å². The quantitative estimate of drug-likeness (QED) is 0.351. The molecule has 3 N–H and O–H groups in total. The fraction of sp³-hybridized carbons (Fsp3) is 0.211. The van der Waals surface area contributed by atoms with Gasteiger partial charge < -0.3 is 15.2 Å². The highest BCUT2D eigenvalue weighted by Gasteiger charge is 2.19. The van der Waals surface area contributed by atoms with Crippen molar-refractivity contribution >= 4 is 56.6 Å². The number of benzene rings is 1. The first-order chi connectivity index (χ1) is 15.1. The van der Waals surface area contributed by atoms with Crippen LogP contribution in [0.3, 0.4) is 0 Å². The van der Waals surface area contributed by atoms with E-state index in [1.165, 1.54) is 17.5 Å². The zero-order valence-electron chi connectivity index (χ0n) is 16.4. The number of nitrogens with zero attached hydrogens (tertiary/aromatic N) is 5. The Morgan fingerprint density at radius 2 is 2.23 bits per heavy atom. The Morgan fingerprint density at radius 1 is 1.35 bits per heavy atom. The lowest BCUT2D eigenvalue weighted by Gasteiger charge is -2.18. The Morgan fingerprint density at radius 3 is 3.03 bits per heavy atom. The van der Waals surface area contributed by atoms with Crippen LogP contribution in [0.15, 0.2) is 36.7 Å². The topological polar surface area (TPSA) is 129 Å². The maximum atomic E-state index is 12.1. The summed E-state index contributed by atoms with van der Waals surface area (Å²) in [5, 5.41) is 30.5. The third kappa shape index (κ3) is 4.43. The third-order valence-corrected chi connectivity index (χ3v) is 5.58. The van der Waals surface area contributed by atoms with Crippen LogP contribution in [-0.4, -0.2) is 49.9 Å². The summed E-state index contributed by atoms with van der Waals surface area (Å²) in [7, 11) is 0. The predicted octanol–water partition coefficient (Wildman–Crippen LogP) is 4.18. The molecule has 160 valence electrons. The lowest BCUT2D eigenvalue weighted by Crippen LogP contribution is -2.33. The van der Waals surface area contributed by atoms with Crippen LogP contribution in [0.2, 0.25) is 5.02 Å². The van der Waals surface area contributed by atoms with Crippen LogP contribution in [0.4, 0.5) is 21.4 Å². The zero-order valence-corrected chi connectivity index (χ0v) is 17.9. The van der Waals surface area contributed by atoms with Crippen LogP contribution in [-0.2, 0) is 4.74 Å². The molecule has 0 aliphatic carbocycles. The number of ether oxygens (including phenoxy) is 1. The maximum absolute atomic E-state index is 12.1. The van der Waals surface area contributed by atoms with E-state index < -0.39 is 12.8 Å². The van der Waals surface area contributed by atoms with Gasteiger partial charge in [0.05, 0.1) is 29.0 Å². The molecule has 0 aliphatic heterocycles. The molecule has 12 heteroatoms. The summed E-state index contributed by atoms with van der Waals surface area (Å²) in [4.78, 5) is 17.3. The Balaban J connectivity index is 1.55. The van der Waals surface area contributed by atoms with E-state index in [2.05, 4.69) is 30.7 Å². The summed E-state index contributed by atoms with van der Waals surface area (Å²) < 4.78 is 5.08. The number of hydrogen-bond acceptors (Lipinski definition) is 9. The van der Waals surface area contributed by atoms with E-state index in [4.69, 9.17) is 16.3 Å². The van der Waals surface area contributed by atoms with E-state index in [9.17, 15) is 9.90 Å². The maximum Gasteiger partial charge on any atom is 0.417 e. The number of anilines is 3. The first-order valence-corrected chi connectivity index (χ1v) is 10.5. The van der Waals surface area contributed by atoms with Crippen molar-refractivity contribution in [1.29, 1.82) is 0 Å². The number of halogens is 1. The number of fused-ring (bicyclic) bond motifs is 1. The Bertz CT molecular complexity index is 1210. The van der Waals surface area contributed by atoms with Gasteiger partial charge in [-0.1, -0.05) is 29.9 Å². The Hall–Kier alpha value is -3.28. The van der Waals surface area contributed by atoms with Gasteiger partial charge in [0.1, 0.15) is 17.6 Å². The van der Waals surface area contributed by atoms with Crippen LogP contribution in [0.25, 0.3) is 21.5 Å². The molecule has 0 fully saturated rings. The van der Waals surface area contributed by atoms with Crippen molar-refractivity contribution in [3.8, 4) is 10.6 Å². The van der Waals surface area contributed by atoms with Gasteiger partial charge in [0.25, 0.3) is 0 Å². The van der Waals surface area contributed by atoms with Crippen molar-refractivity contribution in [3.05, 3.63) is 41.7 Å². The van der Waals surface area contributed by atoms with Gasteiger partial charge in [-0.2, -0.15) is 5.10 Å². The number of hydrogen-bond donors (Lipinski definition) is 3. The Labute approximate surface area is 185 Å². The highest BCUT2D eigenvalue weighted by molar-refractivity contribution is 7.18. The second kappa shape index (κ2) is 9.25. The molecule has 0 radical (unpaired) electrons. The van der Waals surface area contributed by atoms with Crippen LogP contribution < -0.4 is 10.2 Å². The van der Waals surface area contributed by atoms with Crippen molar-refractivity contribution in [1.82, 2.24) is 25.4 Å². The minimum atomic E-state index is -0.669. The van der Waals surface area contributed by atoms with E-state index in [0.29, 0.717) is 32.8 Å². The third-order valence-electron chi connectivity index (χ3n) is 4.29. The van der Waals surface area contributed by atoms with Crippen molar-refractivity contribution in [3.63, 3.8) is 0 Å². The van der Waals surface area contributed by atoms with Gasteiger partial charge in [0.2, 0.25) is 5.13 Å². The SMILES string of the molecule is CCCOC(=O)N(CO)c1cc(-c2nnc(Nc3ccc4[nH]ncc4c3Cl)s2)ccn1. The van der Waals surface area contributed by atoms with Crippen molar-refractivity contribution < 1.29 is 14.6 Å². The summed E-state index contributed by atoms with van der Waals surface area (Å²) in [5.41, 5.74) is 2.20. The highest BCUT2D eigenvalue weighted by Crippen LogP contribution is 2.34. The fourth-order valence-corrected chi connectivity index (χ4v) is 3.79. The standard InChI is InChI=1S/C19H18ClN7O3S/c1-2-7-30-19(29)27(10-28)15-8-11(5-6-21-15)17-25-26-18(31-17)23-14-4-3-13-12(16(14)20)9-22-24-13/h3-6,8-9,28H,2,7,10H2,1H3,(H,22,24)(H,23,26). The van der Waals surface area contributed by atoms with E-state index in [1.807, 2.05) is 19.1 Å². The minimum Gasteiger partial charge on any atom is -0.449 e. The van der Waals surface area contributed by atoms with E-state index in [-0.39, 0.29) is 12.4 Å². The van der Waals surface area contributed by atoms with Gasteiger partial charge >= 0.3 is 6.09 Å². The minimum absolute atomic E-state index is 0.249.